The third kappa shape index (κ3) is 3.42. The maximum absolute atomic E-state index is 12.6. The van der Waals surface area contributed by atoms with Gasteiger partial charge in [-0.3, -0.25) is 0 Å². The molecule has 2 unspecified atom stereocenters. The number of sulfonamides is 1. The fourth-order valence-corrected chi connectivity index (χ4v) is 5.22. The number of hydrogen-bond acceptors (Lipinski definition) is 4. The Kier molecular flexibility index (Phi) is 5.23. The zero-order valence-electron chi connectivity index (χ0n) is 12.4. The SMILES string of the molecule is CCNCc1cc(S(=O)(=O)N2CCC(C)C(C)C2)cs1. The van der Waals surface area contributed by atoms with Crippen LogP contribution in [-0.2, 0) is 16.6 Å². The molecular formula is C14H24N2O2S2. The lowest BCUT2D eigenvalue weighted by Gasteiger charge is -2.34. The Morgan fingerprint density at radius 1 is 1.40 bits per heavy atom. The molecule has 2 rings (SSSR count). The van der Waals surface area contributed by atoms with Crippen molar-refractivity contribution in [2.45, 2.75) is 38.6 Å². The molecule has 2 atom stereocenters. The van der Waals surface area contributed by atoms with Crippen LogP contribution >= 0.6 is 11.3 Å². The van der Waals surface area contributed by atoms with E-state index in [1.807, 2.05) is 13.0 Å². The van der Waals surface area contributed by atoms with E-state index in [0.717, 1.165) is 24.4 Å². The first-order valence-electron chi connectivity index (χ1n) is 7.23. The molecule has 1 saturated heterocycles. The van der Waals surface area contributed by atoms with E-state index in [1.54, 1.807) is 9.69 Å². The Balaban J connectivity index is 2.12. The van der Waals surface area contributed by atoms with Gasteiger partial charge in [0.05, 0.1) is 4.90 Å². The molecule has 1 aliphatic heterocycles. The maximum atomic E-state index is 12.6. The van der Waals surface area contributed by atoms with Gasteiger partial charge in [-0.2, -0.15) is 4.31 Å². The Labute approximate surface area is 126 Å². The summed E-state index contributed by atoms with van der Waals surface area (Å²) in [6, 6.07) is 1.81. The predicted molar refractivity (Wildman–Crippen MR) is 83.4 cm³/mol. The molecule has 0 amide bonds. The van der Waals surface area contributed by atoms with E-state index in [9.17, 15) is 8.42 Å². The van der Waals surface area contributed by atoms with Crippen molar-refractivity contribution in [2.75, 3.05) is 19.6 Å². The third-order valence-corrected chi connectivity index (χ3v) is 7.04. The average molecular weight is 316 g/mol. The first kappa shape index (κ1) is 15.9. The van der Waals surface area contributed by atoms with Crippen molar-refractivity contribution in [3.8, 4) is 0 Å². The summed E-state index contributed by atoms with van der Waals surface area (Å²) in [6.07, 6.45) is 0.953. The Hall–Kier alpha value is -0.430. The summed E-state index contributed by atoms with van der Waals surface area (Å²) in [7, 11) is -3.31. The van der Waals surface area contributed by atoms with Crippen molar-refractivity contribution in [3.05, 3.63) is 16.3 Å². The Morgan fingerprint density at radius 3 is 2.80 bits per heavy atom. The second-order valence-corrected chi connectivity index (χ2v) is 8.57. The predicted octanol–water partition coefficient (Wildman–Crippen LogP) is 2.52. The zero-order chi connectivity index (χ0) is 14.8. The van der Waals surface area contributed by atoms with Gasteiger partial charge in [0.15, 0.2) is 0 Å². The van der Waals surface area contributed by atoms with Crippen molar-refractivity contribution >= 4 is 21.4 Å². The van der Waals surface area contributed by atoms with Crippen LogP contribution in [0.1, 0.15) is 32.1 Å². The molecule has 1 aromatic rings. The molecule has 20 heavy (non-hydrogen) atoms. The zero-order valence-corrected chi connectivity index (χ0v) is 14.1. The molecule has 0 spiro atoms. The topological polar surface area (TPSA) is 49.4 Å². The molecule has 1 aromatic heterocycles. The average Bonchev–Trinajstić information content (AvgIpc) is 2.89. The molecule has 0 saturated carbocycles. The van der Waals surface area contributed by atoms with Crippen molar-refractivity contribution < 1.29 is 8.42 Å². The second kappa shape index (κ2) is 6.56. The van der Waals surface area contributed by atoms with Crippen molar-refractivity contribution in [1.82, 2.24) is 9.62 Å². The largest absolute Gasteiger partial charge is 0.312 e. The van der Waals surface area contributed by atoms with Crippen LogP contribution in [0.3, 0.4) is 0 Å². The van der Waals surface area contributed by atoms with E-state index in [0.29, 0.717) is 29.8 Å². The summed E-state index contributed by atoms with van der Waals surface area (Å²) in [4.78, 5) is 1.53. The normalized spacial score (nSPS) is 24.9. The van der Waals surface area contributed by atoms with Gasteiger partial charge in [-0.15, -0.1) is 11.3 Å². The van der Waals surface area contributed by atoms with Gasteiger partial charge < -0.3 is 5.32 Å². The number of hydrogen-bond donors (Lipinski definition) is 1. The van der Waals surface area contributed by atoms with E-state index in [2.05, 4.69) is 19.2 Å². The van der Waals surface area contributed by atoms with Crippen LogP contribution in [-0.4, -0.2) is 32.4 Å². The highest BCUT2D eigenvalue weighted by molar-refractivity contribution is 7.89. The molecule has 4 nitrogen and oxygen atoms in total. The van der Waals surface area contributed by atoms with Gasteiger partial charge in [0, 0.05) is 29.9 Å². The van der Waals surface area contributed by atoms with Crippen LogP contribution in [0.2, 0.25) is 0 Å². The van der Waals surface area contributed by atoms with Gasteiger partial charge in [0.1, 0.15) is 0 Å². The monoisotopic (exact) mass is 316 g/mol. The van der Waals surface area contributed by atoms with E-state index < -0.39 is 10.0 Å². The lowest BCUT2D eigenvalue weighted by atomic mass is 9.90. The molecule has 6 heteroatoms. The summed E-state index contributed by atoms with van der Waals surface area (Å²) in [5, 5.41) is 4.99. The summed E-state index contributed by atoms with van der Waals surface area (Å²) in [6.45, 7) is 9.30. The Morgan fingerprint density at radius 2 is 2.15 bits per heavy atom. The van der Waals surface area contributed by atoms with E-state index >= 15 is 0 Å². The second-order valence-electron chi connectivity index (χ2n) is 5.64. The summed E-state index contributed by atoms with van der Waals surface area (Å²) < 4.78 is 26.9. The fraction of sp³-hybridized carbons (Fsp3) is 0.714. The highest BCUT2D eigenvalue weighted by atomic mass is 32.2. The number of thiophene rings is 1. The van der Waals surface area contributed by atoms with Gasteiger partial charge >= 0.3 is 0 Å². The Bertz CT molecular complexity index is 539. The number of rotatable bonds is 5. The molecule has 0 aromatic carbocycles. The van der Waals surface area contributed by atoms with Crippen LogP contribution in [0, 0.1) is 11.8 Å². The molecule has 0 radical (unpaired) electrons. The van der Waals surface area contributed by atoms with Crippen LogP contribution < -0.4 is 5.32 Å². The van der Waals surface area contributed by atoms with Crippen molar-refractivity contribution in [2.24, 2.45) is 11.8 Å². The lowest BCUT2D eigenvalue weighted by Crippen LogP contribution is -2.42. The van der Waals surface area contributed by atoms with Crippen LogP contribution in [0.4, 0.5) is 0 Å². The molecule has 0 bridgehead atoms. The molecule has 0 aliphatic carbocycles. The number of piperidine rings is 1. The van der Waals surface area contributed by atoms with Crippen molar-refractivity contribution in [3.63, 3.8) is 0 Å². The van der Waals surface area contributed by atoms with Crippen LogP contribution in [0.5, 0.6) is 0 Å². The first-order valence-corrected chi connectivity index (χ1v) is 9.55. The number of nitrogens with one attached hydrogen (secondary N) is 1. The highest BCUT2D eigenvalue weighted by Gasteiger charge is 2.32. The molecule has 114 valence electrons. The lowest BCUT2D eigenvalue weighted by molar-refractivity contribution is 0.212. The van der Waals surface area contributed by atoms with Crippen LogP contribution in [0.25, 0.3) is 0 Å². The van der Waals surface area contributed by atoms with E-state index in [-0.39, 0.29) is 0 Å². The summed E-state index contributed by atoms with van der Waals surface area (Å²) >= 11 is 1.51. The van der Waals surface area contributed by atoms with Crippen LogP contribution in [0.15, 0.2) is 16.3 Å². The van der Waals surface area contributed by atoms with Gasteiger partial charge in [0.25, 0.3) is 0 Å². The summed E-state index contributed by atoms with van der Waals surface area (Å²) in [5.74, 6) is 1.03. The fourth-order valence-electron chi connectivity index (χ4n) is 2.43. The van der Waals surface area contributed by atoms with Gasteiger partial charge in [0.2, 0.25) is 10.0 Å². The standard InChI is InChI=1S/C14H24N2O2S2/c1-4-15-8-13-7-14(10-19-13)20(17,18)16-6-5-11(2)12(3)9-16/h7,10-12,15H,4-6,8-9H2,1-3H3. The maximum Gasteiger partial charge on any atom is 0.243 e. The molecule has 1 aliphatic rings. The van der Waals surface area contributed by atoms with E-state index in [1.165, 1.54) is 11.3 Å². The van der Waals surface area contributed by atoms with Gasteiger partial charge in [-0.25, -0.2) is 8.42 Å². The molecule has 1 fully saturated rings. The minimum atomic E-state index is -3.31. The minimum absolute atomic E-state index is 0.429. The van der Waals surface area contributed by atoms with Crippen molar-refractivity contribution in [1.29, 1.82) is 0 Å². The van der Waals surface area contributed by atoms with Gasteiger partial charge in [-0.1, -0.05) is 20.8 Å². The molecular weight excluding hydrogens is 292 g/mol. The minimum Gasteiger partial charge on any atom is -0.312 e. The highest BCUT2D eigenvalue weighted by Crippen LogP contribution is 2.29. The smallest absolute Gasteiger partial charge is 0.243 e. The van der Waals surface area contributed by atoms with Gasteiger partial charge in [-0.05, 0) is 30.9 Å². The van der Waals surface area contributed by atoms with E-state index in [4.69, 9.17) is 0 Å². The molecule has 1 N–H and O–H groups in total. The first-order chi connectivity index (χ1) is 9.45. The molecule has 2 heterocycles. The summed E-state index contributed by atoms with van der Waals surface area (Å²) in [5.41, 5.74) is 0. The number of nitrogens with zero attached hydrogens (tertiary/aromatic N) is 1. The third-order valence-electron chi connectivity index (χ3n) is 4.11. The quantitative estimate of drug-likeness (QED) is 0.908.